The Morgan fingerprint density at radius 1 is 0.276 bits per heavy atom. The van der Waals surface area contributed by atoms with E-state index in [9.17, 15) is 34.7 Å². The molecule has 0 amide bonds. The Balaban J connectivity index is 0.000000111. The lowest BCUT2D eigenvalue weighted by Gasteiger charge is -2.08. The number of hydrogen-bond donors (Lipinski definition) is 9. The molecule has 0 aliphatic carbocycles. The predicted molar refractivity (Wildman–Crippen MR) is 583 cm³/mol. The van der Waals surface area contributed by atoms with Gasteiger partial charge in [0.05, 0.1) is 91.5 Å². The molecule has 0 saturated heterocycles. The molecule has 0 radical (unpaired) electrons. The van der Waals surface area contributed by atoms with Crippen LogP contribution in [-0.4, -0.2) is 98.8 Å². The summed E-state index contributed by atoms with van der Waals surface area (Å²) in [7, 11) is 3.29. The van der Waals surface area contributed by atoms with Gasteiger partial charge in [0.25, 0.3) is 17.1 Å². The van der Waals surface area contributed by atoms with Crippen LogP contribution < -0.4 is 9.47 Å². The number of benzene rings is 15. The highest BCUT2D eigenvalue weighted by Gasteiger charge is 2.27. The number of hydrogen-bond acceptors (Lipinski definition) is 13. The lowest BCUT2D eigenvalue weighted by molar-refractivity contribution is -0.385. The lowest BCUT2D eigenvalue weighted by Crippen LogP contribution is -1.91. The monoisotopic (exact) mass is 2100 g/mol. The van der Waals surface area contributed by atoms with Crippen molar-refractivity contribution in [1.82, 2.24) is 69.8 Å². The Kier molecular flexibility index (Phi) is 27.3. The highest BCUT2D eigenvalue weighted by atomic mass is 79.9. The number of aromatic amines is 9. The normalized spacial score (nSPS) is 11.0. The quantitative estimate of drug-likeness (QED) is 0.0253. The molecular weight excluding hydrogens is 2020 g/mol. The molecule has 0 atom stereocenters. The summed E-state index contributed by atoms with van der Waals surface area (Å²) in [6.07, 6.45) is 5.91. The Morgan fingerprint density at radius 2 is 0.600 bits per heavy atom. The minimum atomic E-state index is -0.464. The summed E-state index contributed by atoms with van der Waals surface area (Å²) in [6, 6.07) is 118. The fourth-order valence-electron chi connectivity index (χ4n) is 17.5. The van der Waals surface area contributed by atoms with E-state index in [1.54, 1.807) is 62.8 Å². The highest BCUT2D eigenvalue weighted by Crippen LogP contribution is 2.45. The number of imidazole rings is 5. The number of nitrogens with zero attached hydrogens (tertiary/aromatic N) is 8. The van der Waals surface area contributed by atoms with Gasteiger partial charge < -0.3 is 54.3 Å². The molecule has 9 aromatic heterocycles. The molecule has 15 aromatic carbocycles. The van der Waals surface area contributed by atoms with E-state index in [-0.39, 0.29) is 22.9 Å². The minimum Gasteiger partial charge on any atom is -0.497 e. The van der Waals surface area contributed by atoms with Gasteiger partial charge in [0.2, 0.25) is 0 Å². The lowest BCUT2D eigenvalue weighted by atomic mass is 10.0. The number of nitrogens with one attached hydrogen (secondary N) is 9. The third-order valence-corrected chi connectivity index (χ3v) is 26.0. The van der Waals surface area contributed by atoms with E-state index < -0.39 is 14.8 Å². The van der Waals surface area contributed by atoms with E-state index in [4.69, 9.17) is 34.4 Å². The van der Waals surface area contributed by atoms with Crippen LogP contribution >= 0.6 is 47.8 Å². The SMILES string of the molecule is Brc1ccc2[nH]cc(-c3nc(-c4ccccc4)c(-c4ccccc4)[nH]3)c2c1.COc1ccc(-c2nc(-c3ccccc3)c(-c3ccccc3)[nH]2)c(OC)c1.Cc1[nH]c2ccccc2c1-c1nc(-c2cccc([N+](=O)[O-])c2)c(-c2cccc([N+](=O)[O-])c2)[nH]1.Fc1ccc(-c2[nH]c(-c3c[nH]c4ccc(Br)cc34)nc2-c2ccccc2)cc1.O=[N+]([O-])c1ccc(-c2[nH]c(-c3c[nH]c4ccc(Br)cc34)nc2-c2ccccc2)cc1. The molecule has 708 valence electrons. The highest BCUT2D eigenvalue weighted by molar-refractivity contribution is 9.11. The van der Waals surface area contributed by atoms with Gasteiger partial charge in [0, 0.05) is 202 Å². The second kappa shape index (κ2) is 42.0. The average molecular weight is 2100 g/mol. The number of aryl methyl sites for hydroxylation is 1. The molecule has 9 heterocycles. The number of rotatable bonds is 20. The predicted octanol–water partition coefficient (Wildman–Crippen LogP) is 31.5. The van der Waals surface area contributed by atoms with Gasteiger partial charge in [0.15, 0.2) is 0 Å². The summed E-state index contributed by atoms with van der Waals surface area (Å²) in [4.78, 5) is 87.5. The summed E-state index contributed by atoms with van der Waals surface area (Å²) >= 11 is 10.7. The second-order valence-electron chi connectivity index (χ2n) is 33.6. The first-order valence-electron chi connectivity index (χ1n) is 45.7. The van der Waals surface area contributed by atoms with Crippen molar-refractivity contribution in [3.05, 3.63) is 450 Å². The van der Waals surface area contributed by atoms with E-state index in [1.165, 1.54) is 48.5 Å². The molecule has 0 fully saturated rings. The fourth-order valence-corrected chi connectivity index (χ4v) is 18.6. The number of methoxy groups -OCH3 is 2. The molecule has 29 heteroatoms. The molecule has 0 aliphatic heterocycles. The first-order chi connectivity index (χ1) is 70.8. The number of H-pyrrole nitrogens is 9. The maximum absolute atomic E-state index is 13.4. The van der Waals surface area contributed by atoms with Crippen molar-refractivity contribution in [1.29, 1.82) is 0 Å². The molecule has 25 nitrogen and oxygen atoms in total. The number of fused-ring (bicyclic) bond motifs is 4. The number of nitro groups is 3. The van der Waals surface area contributed by atoms with Crippen LogP contribution in [0.1, 0.15) is 5.69 Å². The van der Waals surface area contributed by atoms with Gasteiger partial charge >= 0.3 is 0 Å². The zero-order chi connectivity index (χ0) is 99.7. The molecular formula is C116H83Br3FN17O8. The summed E-state index contributed by atoms with van der Waals surface area (Å²) in [5, 5.41) is 37.9. The number of ether oxygens (including phenoxy) is 2. The number of aromatic nitrogens is 14. The molecule has 0 bridgehead atoms. The van der Waals surface area contributed by atoms with Gasteiger partial charge in [-0.15, -0.1) is 0 Å². The summed E-state index contributed by atoms with van der Waals surface area (Å²) < 4.78 is 27.3. The Labute approximate surface area is 852 Å². The van der Waals surface area contributed by atoms with Gasteiger partial charge in [-0.1, -0.05) is 272 Å². The van der Waals surface area contributed by atoms with E-state index in [1.807, 2.05) is 232 Å². The van der Waals surface area contributed by atoms with Gasteiger partial charge in [-0.3, -0.25) is 30.3 Å². The van der Waals surface area contributed by atoms with Crippen LogP contribution in [0.4, 0.5) is 21.5 Å². The minimum absolute atomic E-state index is 0.0567. The van der Waals surface area contributed by atoms with Gasteiger partial charge in [-0.2, -0.15) is 0 Å². The molecule has 9 N–H and O–H groups in total. The van der Waals surface area contributed by atoms with Crippen molar-refractivity contribution in [3.8, 4) is 181 Å². The average Bonchev–Trinajstić information content (AvgIpc) is 1.62. The van der Waals surface area contributed by atoms with Crippen LogP contribution in [0.5, 0.6) is 11.5 Å². The zero-order valence-corrected chi connectivity index (χ0v) is 82.1. The molecule has 0 spiro atoms. The van der Waals surface area contributed by atoms with Crippen LogP contribution in [0.25, 0.3) is 213 Å². The van der Waals surface area contributed by atoms with E-state index in [0.717, 1.165) is 210 Å². The van der Waals surface area contributed by atoms with Crippen molar-refractivity contribution in [3.63, 3.8) is 0 Å². The van der Waals surface area contributed by atoms with Gasteiger partial charge in [-0.05, 0) is 116 Å². The Bertz CT molecular complexity index is 8640. The van der Waals surface area contributed by atoms with Crippen molar-refractivity contribution in [2.24, 2.45) is 0 Å². The molecule has 24 rings (SSSR count). The molecule has 145 heavy (non-hydrogen) atoms. The summed E-state index contributed by atoms with van der Waals surface area (Å²) in [5.74, 6) is 4.87. The van der Waals surface area contributed by atoms with Crippen molar-refractivity contribution < 1.29 is 28.6 Å². The van der Waals surface area contributed by atoms with Crippen LogP contribution in [0.15, 0.2) is 408 Å². The number of halogens is 4. The Hall–Kier alpha value is -18.3. The van der Waals surface area contributed by atoms with E-state index in [2.05, 4.69) is 165 Å². The number of nitro benzene ring substituents is 3. The topological polar surface area (TPSA) is 354 Å². The first-order valence-corrected chi connectivity index (χ1v) is 48.1. The second-order valence-corrected chi connectivity index (χ2v) is 36.3. The zero-order valence-electron chi connectivity index (χ0n) is 77.4. The molecule has 0 saturated carbocycles. The number of para-hydroxylation sites is 1. The van der Waals surface area contributed by atoms with Crippen LogP contribution in [0, 0.1) is 43.1 Å². The van der Waals surface area contributed by atoms with Crippen molar-refractivity contribution in [2.75, 3.05) is 14.2 Å². The van der Waals surface area contributed by atoms with Crippen molar-refractivity contribution in [2.45, 2.75) is 6.92 Å². The fraction of sp³-hybridized carbons (Fsp3) is 0.0259. The molecule has 0 aliphatic rings. The standard InChI is InChI=1S/C24H17N5O4.C23H15BrFN3.C23H15BrN4O2.C23H16BrN3.C23H20N2O2/c1-14-21(19-10-2-3-11-20(19)25-14)24-26-22(15-6-4-8-17(12-15)28(30)31)23(27-24)16-7-5-9-18(13-16)29(32)33;24-16-8-11-20-18(12-16)19(13-26-20)23-27-21(14-4-2-1-3-5-14)22(28-23)15-6-9-17(25)10-7-15;24-16-8-11-20-18(12-16)19(13-25-20)23-26-21(14-4-2-1-3-5-14)22(27-23)15-6-9-17(10-7-15)28(29)30;24-17-11-12-20-18(13-17)19(14-25-20)23-26-21(15-7-3-1-4-8-15)22(27-23)16-9-5-2-6-10-16;1-26-18-13-14-19(20(15-18)27-2)23-24-21(16-9-5-3-6-10-16)22(25-23)17-11-7-4-8-12-17/h2-13,25H,1H3,(H,26,27);1-13,26H,(H,27,28);1-13,25H,(H,26,27);1-14,25H,(H,26,27);3-15H,1-2H3,(H,24,25). The third-order valence-electron chi connectivity index (χ3n) is 24.5. The summed E-state index contributed by atoms with van der Waals surface area (Å²) in [6.45, 7) is 1.94. The van der Waals surface area contributed by atoms with E-state index in [0.29, 0.717) is 34.1 Å². The number of non-ortho nitro benzene ring substituents is 3. The van der Waals surface area contributed by atoms with Crippen LogP contribution in [0.3, 0.4) is 0 Å². The first kappa shape index (κ1) is 94.3. The molecule has 0 unspecified atom stereocenters. The van der Waals surface area contributed by atoms with Crippen LogP contribution in [-0.2, 0) is 0 Å². The largest absolute Gasteiger partial charge is 0.497 e. The van der Waals surface area contributed by atoms with Gasteiger partial charge in [0.1, 0.15) is 46.4 Å². The van der Waals surface area contributed by atoms with E-state index >= 15 is 0 Å². The molecule has 24 aromatic rings. The maximum Gasteiger partial charge on any atom is 0.270 e. The summed E-state index contributed by atoms with van der Waals surface area (Å²) in [5.41, 5.74) is 27.1. The third kappa shape index (κ3) is 20.3. The Morgan fingerprint density at radius 3 is 0.993 bits per heavy atom. The smallest absolute Gasteiger partial charge is 0.270 e. The maximum atomic E-state index is 13.4. The van der Waals surface area contributed by atoms with Gasteiger partial charge in [-0.25, -0.2) is 29.3 Å². The van der Waals surface area contributed by atoms with Crippen LogP contribution in [0.2, 0.25) is 0 Å². The van der Waals surface area contributed by atoms with Crippen molar-refractivity contribution >= 4 is 108 Å².